The number of hydrogen-bond acceptors (Lipinski definition) is 9. The molecule has 2 amide bonds. The van der Waals surface area contributed by atoms with Crippen molar-refractivity contribution in [2.75, 3.05) is 0 Å². The van der Waals surface area contributed by atoms with Gasteiger partial charge in [-0.3, -0.25) is 44.7 Å². The third-order valence-electron chi connectivity index (χ3n) is 5.80. The van der Waals surface area contributed by atoms with Crippen LogP contribution in [0, 0.1) is 0 Å². The van der Waals surface area contributed by atoms with E-state index in [1.807, 2.05) is 109 Å². The van der Waals surface area contributed by atoms with Crippen LogP contribution in [-0.4, -0.2) is 52.0 Å². The summed E-state index contributed by atoms with van der Waals surface area (Å²) in [6.45, 7) is 0. The van der Waals surface area contributed by atoms with Gasteiger partial charge in [0.15, 0.2) is 0 Å². The zero-order valence-corrected chi connectivity index (χ0v) is 23.7. The molecule has 6 aromatic heterocycles. The summed E-state index contributed by atoms with van der Waals surface area (Å²) in [7, 11) is 0. The Morgan fingerprint density at radius 2 is 0.591 bits per heavy atom. The van der Waals surface area contributed by atoms with E-state index in [1.165, 1.54) is 0 Å². The van der Waals surface area contributed by atoms with Gasteiger partial charge < -0.3 is 0 Å². The monoisotopic (exact) mass is 583 g/mol. The van der Waals surface area contributed by atoms with Crippen molar-refractivity contribution in [3.8, 4) is 34.2 Å². The molecule has 0 unspecified atom stereocenters. The molecule has 0 aliphatic carbocycles. The van der Waals surface area contributed by atoms with Crippen molar-refractivity contribution in [2.45, 2.75) is 12.8 Å². The van der Waals surface area contributed by atoms with E-state index >= 15 is 0 Å². The summed E-state index contributed by atoms with van der Waals surface area (Å²) >= 11 is 0. The van der Waals surface area contributed by atoms with E-state index in [2.05, 4.69) is 29.9 Å². The molecule has 0 atom stereocenters. The first-order chi connectivity index (χ1) is 21.6. The molecule has 0 spiro atoms. The van der Waals surface area contributed by atoms with Crippen molar-refractivity contribution >= 4 is 11.8 Å². The molecule has 10 nitrogen and oxygen atoms in total. The molecule has 44 heavy (non-hydrogen) atoms. The Morgan fingerprint density at radius 3 is 0.705 bits per heavy atom. The Kier molecular flexibility index (Phi) is 12.0. The van der Waals surface area contributed by atoms with Gasteiger partial charge in [-0.05, 0) is 72.8 Å². The molecule has 0 saturated carbocycles. The minimum atomic E-state index is -0.505. The smallest absolute Gasteiger partial charge is 0.253 e. The van der Waals surface area contributed by atoms with Crippen LogP contribution in [0.4, 0.5) is 0 Å². The zero-order chi connectivity index (χ0) is 30.8. The van der Waals surface area contributed by atoms with Crippen molar-refractivity contribution in [2.24, 2.45) is 0 Å². The number of carbonyl (C=O) groups excluding carboxylic acids is 2. The van der Waals surface area contributed by atoms with E-state index < -0.39 is 11.8 Å². The van der Waals surface area contributed by atoms with Gasteiger partial charge in [-0.15, -0.1) is 0 Å². The predicted molar refractivity (Wildman–Crippen MR) is 165 cm³/mol. The first kappa shape index (κ1) is 30.9. The fraction of sp³-hybridized carbons (Fsp3) is 0.0588. The van der Waals surface area contributed by atoms with Crippen LogP contribution in [0.2, 0.25) is 0 Å². The first-order valence-corrected chi connectivity index (χ1v) is 13.6. The van der Waals surface area contributed by atoms with E-state index in [-0.39, 0.29) is 17.9 Å². The standard InChI is InChI=1S/3C10H8N2.C4H5NO3/c3*1-3-7-11-9(5-1)10-6-2-4-8-12-10;6-3-1-2-4(7)5(3)8/h3*1-8H;8H,1-2H2. The number of amides is 2. The summed E-state index contributed by atoms with van der Waals surface area (Å²) in [6.07, 6.45) is 10.9. The fourth-order valence-electron chi connectivity index (χ4n) is 3.65. The third-order valence-corrected chi connectivity index (χ3v) is 5.80. The predicted octanol–water partition coefficient (Wildman–Crippen LogP) is 5.96. The number of rotatable bonds is 3. The lowest BCUT2D eigenvalue weighted by molar-refractivity contribution is -0.171. The maximum atomic E-state index is 10.2. The second-order valence-electron chi connectivity index (χ2n) is 8.89. The minimum absolute atomic E-state index is 0.148. The molecule has 1 aliphatic rings. The number of pyridine rings is 6. The first-order valence-electron chi connectivity index (χ1n) is 13.6. The van der Waals surface area contributed by atoms with E-state index in [1.54, 1.807) is 37.2 Å². The van der Waals surface area contributed by atoms with Crippen molar-refractivity contribution in [3.63, 3.8) is 0 Å². The average Bonchev–Trinajstić information content (AvgIpc) is 3.42. The van der Waals surface area contributed by atoms with Gasteiger partial charge in [0.25, 0.3) is 11.8 Å². The zero-order valence-electron chi connectivity index (χ0n) is 23.7. The molecule has 7 rings (SSSR count). The van der Waals surface area contributed by atoms with Gasteiger partial charge in [-0.25, -0.2) is 0 Å². The molecule has 7 heterocycles. The third kappa shape index (κ3) is 9.82. The van der Waals surface area contributed by atoms with Crippen LogP contribution in [0.25, 0.3) is 34.2 Å². The van der Waals surface area contributed by atoms with Gasteiger partial charge in [-0.1, -0.05) is 36.4 Å². The van der Waals surface area contributed by atoms with Crippen molar-refractivity contribution in [3.05, 3.63) is 146 Å². The van der Waals surface area contributed by atoms with Crippen LogP contribution < -0.4 is 0 Å². The Balaban J connectivity index is 0.000000135. The number of nitrogens with zero attached hydrogens (tertiary/aromatic N) is 7. The van der Waals surface area contributed by atoms with E-state index in [0.29, 0.717) is 0 Å². The summed E-state index contributed by atoms with van der Waals surface area (Å²) in [6, 6.07) is 34.8. The molecule has 1 N–H and O–H groups in total. The Morgan fingerprint density at radius 1 is 0.386 bits per heavy atom. The van der Waals surface area contributed by atoms with Crippen molar-refractivity contribution in [1.29, 1.82) is 0 Å². The quantitative estimate of drug-likeness (QED) is 0.198. The summed E-state index contributed by atoms with van der Waals surface area (Å²) in [5.41, 5.74) is 5.49. The minimum Gasteiger partial charge on any atom is -0.279 e. The average molecular weight is 584 g/mol. The molecule has 218 valence electrons. The van der Waals surface area contributed by atoms with Crippen molar-refractivity contribution < 1.29 is 14.8 Å². The summed E-state index contributed by atoms with van der Waals surface area (Å²) in [4.78, 5) is 45.6. The van der Waals surface area contributed by atoms with Gasteiger partial charge >= 0.3 is 0 Å². The van der Waals surface area contributed by atoms with E-state index in [9.17, 15) is 9.59 Å². The lowest BCUT2D eigenvalue weighted by Crippen LogP contribution is -2.24. The van der Waals surface area contributed by atoms with Crippen LogP contribution in [0.5, 0.6) is 0 Å². The number of hydrogen-bond donors (Lipinski definition) is 1. The molecule has 1 saturated heterocycles. The lowest BCUT2D eigenvalue weighted by atomic mass is 10.2. The van der Waals surface area contributed by atoms with Crippen molar-refractivity contribution in [1.82, 2.24) is 35.0 Å². The fourth-order valence-corrected chi connectivity index (χ4v) is 3.65. The highest BCUT2D eigenvalue weighted by Gasteiger charge is 2.26. The highest BCUT2D eigenvalue weighted by atomic mass is 16.5. The number of carbonyl (C=O) groups is 2. The molecule has 0 bridgehead atoms. The highest BCUT2D eigenvalue weighted by Crippen LogP contribution is 2.13. The van der Waals surface area contributed by atoms with Gasteiger partial charge in [0.1, 0.15) is 0 Å². The second-order valence-corrected chi connectivity index (χ2v) is 8.89. The van der Waals surface area contributed by atoms with Crippen LogP contribution in [0.3, 0.4) is 0 Å². The Labute approximate surface area is 254 Å². The highest BCUT2D eigenvalue weighted by molar-refractivity contribution is 6.00. The summed E-state index contributed by atoms with van der Waals surface area (Å²) in [5, 5.41) is 8.57. The summed E-state index contributed by atoms with van der Waals surface area (Å²) < 4.78 is 0. The SMILES string of the molecule is O=C1CCC(=O)N1O.c1ccc(-c2ccccn2)nc1.c1ccc(-c2ccccn2)nc1.c1ccc(-c2ccccn2)nc1. The number of hydroxylamine groups is 2. The van der Waals surface area contributed by atoms with Gasteiger partial charge in [0, 0.05) is 50.0 Å². The van der Waals surface area contributed by atoms with Crippen LogP contribution >= 0.6 is 0 Å². The molecule has 1 aliphatic heterocycles. The maximum Gasteiger partial charge on any atom is 0.253 e. The molecule has 1 fully saturated rings. The van der Waals surface area contributed by atoms with Gasteiger partial charge in [0.2, 0.25) is 0 Å². The second kappa shape index (κ2) is 17.1. The Bertz CT molecular complexity index is 1370. The van der Waals surface area contributed by atoms with E-state index in [4.69, 9.17) is 5.21 Å². The molecule has 0 radical (unpaired) electrons. The normalized spacial score (nSPS) is 11.6. The Hall–Kier alpha value is -6.00. The molecular weight excluding hydrogens is 554 g/mol. The largest absolute Gasteiger partial charge is 0.279 e. The maximum absolute atomic E-state index is 10.2. The summed E-state index contributed by atoms with van der Waals surface area (Å²) in [5.74, 6) is -1.01. The number of imide groups is 1. The van der Waals surface area contributed by atoms with Crippen LogP contribution in [0.15, 0.2) is 146 Å². The molecule has 0 aromatic carbocycles. The topological polar surface area (TPSA) is 135 Å². The van der Waals surface area contributed by atoms with E-state index in [0.717, 1.165) is 34.2 Å². The van der Waals surface area contributed by atoms with Crippen LogP contribution in [0.1, 0.15) is 12.8 Å². The number of aromatic nitrogens is 6. The molecule has 10 heteroatoms. The van der Waals surface area contributed by atoms with Crippen LogP contribution in [-0.2, 0) is 9.59 Å². The van der Waals surface area contributed by atoms with Gasteiger partial charge in [-0.2, -0.15) is 5.06 Å². The van der Waals surface area contributed by atoms with Gasteiger partial charge in [0.05, 0.1) is 34.2 Å². The molecular formula is C34H29N7O3. The lowest BCUT2D eigenvalue weighted by Gasteiger charge is -1.98. The molecule has 6 aromatic rings.